The summed E-state index contributed by atoms with van der Waals surface area (Å²) in [6, 6.07) is 38.0. The lowest BCUT2D eigenvalue weighted by molar-refractivity contribution is -0.146. The molecule has 2 amide bonds. The molecule has 0 aliphatic carbocycles. The summed E-state index contributed by atoms with van der Waals surface area (Å²) in [6.07, 6.45) is 0.844. The van der Waals surface area contributed by atoms with Gasteiger partial charge in [0.1, 0.15) is 0 Å². The third-order valence-electron chi connectivity index (χ3n) is 7.10. The maximum atomic E-state index is 14.6. The van der Waals surface area contributed by atoms with Crippen molar-refractivity contribution >= 4 is 17.8 Å². The van der Waals surface area contributed by atoms with Crippen molar-refractivity contribution < 1.29 is 9.59 Å². The Hall–Kier alpha value is -4.75. The van der Waals surface area contributed by atoms with Crippen LogP contribution in [0.1, 0.15) is 46.9 Å². The number of aliphatic imine (C=N–C) groups is 1. The first kappa shape index (κ1) is 29.2. The van der Waals surface area contributed by atoms with Gasteiger partial charge in [0.2, 0.25) is 11.8 Å². The lowest BCUT2D eigenvalue weighted by atomic mass is 9.87. The molecule has 0 aliphatic heterocycles. The molecule has 0 spiro atoms. The number of guanidine groups is 1. The van der Waals surface area contributed by atoms with Gasteiger partial charge in [0.25, 0.3) is 0 Å². The van der Waals surface area contributed by atoms with E-state index >= 15 is 0 Å². The molecule has 41 heavy (non-hydrogen) atoms. The van der Waals surface area contributed by atoms with Crippen LogP contribution in [0.5, 0.6) is 0 Å². The minimum Gasteiger partial charge on any atom is -0.370 e. The highest BCUT2D eigenvalue weighted by Crippen LogP contribution is 2.31. The SMILES string of the molecule is NC(N)=NCCCC(N)C(=O)N(CC(c1ccccc1)c1ccccc1)C(=O)C(c1ccccc1)c1ccccc1. The molecule has 0 fully saturated rings. The van der Waals surface area contributed by atoms with Crippen molar-refractivity contribution in [1.29, 1.82) is 0 Å². The maximum Gasteiger partial charge on any atom is 0.246 e. The molecule has 0 aromatic heterocycles. The van der Waals surface area contributed by atoms with Gasteiger partial charge in [-0.1, -0.05) is 121 Å². The molecule has 0 heterocycles. The van der Waals surface area contributed by atoms with Crippen molar-refractivity contribution in [3.63, 3.8) is 0 Å². The number of benzene rings is 4. The van der Waals surface area contributed by atoms with E-state index in [0.29, 0.717) is 19.4 Å². The quantitative estimate of drug-likeness (QED) is 0.138. The third kappa shape index (κ3) is 7.90. The Labute approximate surface area is 241 Å². The first-order chi connectivity index (χ1) is 20.0. The Morgan fingerprint density at radius 1 is 0.634 bits per heavy atom. The van der Waals surface area contributed by atoms with Gasteiger partial charge in [0, 0.05) is 19.0 Å². The number of carbonyl (C=O) groups excluding carboxylic acids is 2. The highest BCUT2D eigenvalue weighted by molar-refractivity contribution is 6.02. The van der Waals surface area contributed by atoms with Crippen molar-refractivity contribution in [2.75, 3.05) is 13.1 Å². The predicted molar refractivity (Wildman–Crippen MR) is 164 cm³/mol. The predicted octanol–water partition coefficient (Wildman–Crippen LogP) is 4.39. The zero-order chi connectivity index (χ0) is 29.0. The molecule has 0 aliphatic rings. The van der Waals surface area contributed by atoms with Crippen LogP contribution < -0.4 is 17.2 Å². The van der Waals surface area contributed by atoms with Crippen LogP contribution >= 0.6 is 0 Å². The Morgan fingerprint density at radius 3 is 1.46 bits per heavy atom. The summed E-state index contributed by atoms with van der Waals surface area (Å²) in [5.74, 6) is -1.67. The van der Waals surface area contributed by atoms with Gasteiger partial charge in [-0.3, -0.25) is 19.5 Å². The number of nitrogens with zero attached hydrogens (tertiary/aromatic N) is 2. The van der Waals surface area contributed by atoms with Crippen LogP contribution in [0.3, 0.4) is 0 Å². The fourth-order valence-corrected chi connectivity index (χ4v) is 5.01. The second-order valence-electron chi connectivity index (χ2n) is 9.97. The Balaban J connectivity index is 1.75. The van der Waals surface area contributed by atoms with E-state index < -0.39 is 17.9 Å². The first-order valence-corrected chi connectivity index (χ1v) is 13.8. The van der Waals surface area contributed by atoms with E-state index in [9.17, 15) is 9.59 Å². The van der Waals surface area contributed by atoms with Crippen LogP contribution in [-0.4, -0.2) is 41.8 Å². The molecule has 7 heteroatoms. The van der Waals surface area contributed by atoms with E-state index in [1.165, 1.54) is 4.90 Å². The second-order valence-corrected chi connectivity index (χ2v) is 9.97. The summed E-state index contributed by atoms with van der Waals surface area (Å²) in [5, 5.41) is 0. The second kappa shape index (κ2) is 14.6. The molecule has 0 radical (unpaired) electrons. The number of rotatable bonds is 12. The average molecular weight is 548 g/mol. The van der Waals surface area contributed by atoms with E-state index in [1.54, 1.807) is 0 Å². The van der Waals surface area contributed by atoms with E-state index in [4.69, 9.17) is 17.2 Å². The Kier molecular flexibility index (Phi) is 10.4. The number of carbonyl (C=O) groups is 2. The number of imide groups is 1. The van der Waals surface area contributed by atoms with Gasteiger partial charge >= 0.3 is 0 Å². The molecule has 210 valence electrons. The largest absolute Gasteiger partial charge is 0.370 e. The fourth-order valence-electron chi connectivity index (χ4n) is 5.01. The summed E-state index contributed by atoms with van der Waals surface area (Å²) in [5.41, 5.74) is 20.9. The van der Waals surface area contributed by atoms with Crippen LogP contribution in [0.15, 0.2) is 126 Å². The summed E-state index contributed by atoms with van der Waals surface area (Å²) in [6.45, 7) is 0.494. The van der Waals surface area contributed by atoms with E-state index in [0.717, 1.165) is 22.3 Å². The van der Waals surface area contributed by atoms with Crippen LogP contribution in [0.4, 0.5) is 0 Å². The summed E-state index contributed by atoms with van der Waals surface area (Å²) in [7, 11) is 0. The minimum atomic E-state index is -0.896. The van der Waals surface area contributed by atoms with Gasteiger partial charge in [-0.15, -0.1) is 0 Å². The normalized spacial score (nSPS) is 11.7. The van der Waals surface area contributed by atoms with Crippen molar-refractivity contribution in [3.05, 3.63) is 144 Å². The highest BCUT2D eigenvalue weighted by Gasteiger charge is 2.35. The Morgan fingerprint density at radius 2 is 1.05 bits per heavy atom. The zero-order valence-electron chi connectivity index (χ0n) is 23.1. The Bertz CT molecular complexity index is 1330. The number of nitrogens with two attached hydrogens (primary N) is 3. The number of amides is 2. The molecule has 0 bridgehead atoms. The standard InChI is InChI=1S/C34H37N5O2/c35-30(22-13-23-38-34(36)37)32(40)39(24-29(25-14-5-1-6-15-25)26-16-7-2-8-17-26)33(41)31(27-18-9-3-10-19-27)28-20-11-4-12-21-28/h1-12,14-21,29-31H,13,22-24,35H2,(H4,36,37,38). The van der Waals surface area contributed by atoms with Crippen molar-refractivity contribution in [1.82, 2.24) is 4.90 Å². The highest BCUT2D eigenvalue weighted by atomic mass is 16.2. The zero-order valence-corrected chi connectivity index (χ0v) is 23.1. The van der Waals surface area contributed by atoms with Gasteiger partial charge in [-0.25, -0.2) is 0 Å². The third-order valence-corrected chi connectivity index (χ3v) is 7.10. The van der Waals surface area contributed by atoms with Gasteiger partial charge in [-0.05, 0) is 35.1 Å². The van der Waals surface area contributed by atoms with Gasteiger partial charge in [-0.2, -0.15) is 0 Å². The van der Waals surface area contributed by atoms with Crippen molar-refractivity contribution in [3.8, 4) is 0 Å². The van der Waals surface area contributed by atoms with Crippen LogP contribution in [0, 0.1) is 0 Å². The molecule has 4 aromatic rings. The molecule has 6 N–H and O–H groups in total. The fraction of sp³-hybridized carbons (Fsp3) is 0.206. The first-order valence-electron chi connectivity index (χ1n) is 13.8. The molecular formula is C34H37N5O2. The van der Waals surface area contributed by atoms with E-state index in [-0.39, 0.29) is 24.3 Å². The van der Waals surface area contributed by atoms with E-state index in [1.807, 2.05) is 121 Å². The van der Waals surface area contributed by atoms with Crippen LogP contribution in [-0.2, 0) is 9.59 Å². The molecule has 0 saturated heterocycles. The monoisotopic (exact) mass is 547 g/mol. The summed E-state index contributed by atoms with van der Waals surface area (Å²) in [4.78, 5) is 34.0. The lowest BCUT2D eigenvalue weighted by Crippen LogP contribution is -2.50. The lowest BCUT2D eigenvalue weighted by Gasteiger charge is -2.32. The van der Waals surface area contributed by atoms with Gasteiger partial charge in [0.15, 0.2) is 5.96 Å². The van der Waals surface area contributed by atoms with Gasteiger partial charge < -0.3 is 17.2 Å². The van der Waals surface area contributed by atoms with Crippen molar-refractivity contribution in [2.45, 2.75) is 30.7 Å². The van der Waals surface area contributed by atoms with Gasteiger partial charge in [0.05, 0.1) is 12.0 Å². The number of hydrogen-bond donors (Lipinski definition) is 3. The molecular weight excluding hydrogens is 510 g/mol. The van der Waals surface area contributed by atoms with Crippen LogP contribution in [0.2, 0.25) is 0 Å². The minimum absolute atomic E-state index is 0.0103. The average Bonchev–Trinajstić information content (AvgIpc) is 3.01. The van der Waals surface area contributed by atoms with E-state index in [2.05, 4.69) is 4.99 Å². The molecule has 7 nitrogen and oxygen atoms in total. The smallest absolute Gasteiger partial charge is 0.246 e. The number of hydrogen-bond acceptors (Lipinski definition) is 4. The molecule has 1 unspecified atom stereocenters. The molecule has 1 atom stereocenters. The summed E-state index contributed by atoms with van der Waals surface area (Å²) >= 11 is 0. The van der Waals surface area contributed by atoms with Crippen LogP contribution in [0.25, 0.3) is 0 Å². The van der Waals surface area contributed by atoms with Crippen molar-refractivity contribution in [2.24, 2.45) is 22.2 Å². The summed E-state index contributed by atoms with van der Waals surface area (Å²) < 4.78 is 0. The maximum absolute atomic E-state index is 14.6. The topological polar surface area (TPSA) is 128 Å². The molecule has 4 rings (SSSR count). The molecule has 0 saturated carbocycles. The molecule has 4 aromatic carbocycles.